The summed E-state index contributed by atoms with van der Waals surface area (Å²) in [5.74, 6) is -1.56. The molecule has 2 amide bonds. The molecule has 12 unspecified atom stereocenters. The van der Waals surface area contributed by atoms with E-state index < -0.39 is 80.3 Å². The number of methoxy groups -OCH3 is 1. The van der Waals surface area contributed by atoms with Crippen molar-refractivity contribution in [2.24, 2.45) is 23.7 Å². The van der Waals surface area contributed by atoms with E-state index >= 15 is 0 Å². The van der Waals surface area contributed by atoms with Crippen LogP contribution in [-0.4, -0.2) is 167 Å². The van der Waals surface area contributed by atoms with Gasteiger partial charge in [0, 0.05) is 110 Å². The summed E-state index contributed by atoms with van der Waals surface area (Å²) in [6.07, 6.45) is 0.929. The van der Waals surface area contributed by atoms with Crippen molar-refractivity contribution in [2.75, 3.05) is 46.7 Å². The second-order valence-electron chi connectivity index (χ2n) is 17.5. The molecule has 19 heteroatoms. The number of hydrogen-bond acceptors (Lipinski definition) is 16. The van der Waals surface area contributed by atoms with Crippen LogP contribution < -0.4 is 10.6 Å². The summed E-state index contributed by atoms with van der Waals surface area (Å²) < 4.78 is 28.0. The number of aliphatic hydroxyl groups excluding tert-OH is 7. The smallest absolute Gasteiger partial charge is 0.220 e. The molecule has 2 saturated heterocycles. The first-order valence-electron chi connectivity index (χ1n) is 23.0. The van der Waals surface area contributed by atoms with Crippen molar-refractivity contribution in [2.45, 2.75) is 184 Å². The van der Waals surface area contributed by atoms with E-state index in [9.17, 15) is 54.9 Å². The maximum Gasteiger partial charge on any atom is 0.220 e. The summed E-state index contributed by atoms with van der Waals surface area (Å²) in [5, 5.41) is 74.9. The Bertz CT molecular complexity index is 1310. The third-order valence-corrected chi connectivity index (χ3v) is 12.7. The molecule has 2 heterocycles. The zero-order valence-electron chi connectivity index (χ0n) is 37.7. The van der Waals surface area contributed by atoms with Crippen molar-refractivity contribution in [3.05, 3.63) is 0 Å². The topological polar surface area (TPSA) is 280 Å². The summed E-state index contributed by atoms with van der Waals surface area (Å²) in [6, 6.07) is -0.685. The number of unbranched alkanes of at least 4 members (excludes halogenated alkanes) is 6. The Kier molecular flexibility index (Phi) is 29.3. The van der Waals surface area contributed by atoms with Crippen LogP contribution in [-0.2, 0) is 75.6 Å². The van der Waals surface area contributed by atoms with Gasteiger partial charge in [0.2, 0.25) is 11.8 Å². The van der Waals surface area contributed by atoms with Crippen LogP contribution in [0, 0.1) is 23.7 Å². The van der Waals surface area contributed by atoms with E-state index in [0.29, 0.717) is 83.6 Å². The second kappa shape index (κ2) is 31.8. The van der Waals surface area contributed by atoms with E-state index in [-0.39, 0.29) is 113 Å². The van der Waals surface area contributed by atoms with Gasteiger partial charge in [-0.3, -0.25) is 19.2 Å². The van der Waals surface area contributed by atoms with E-state index in [4.69, 9.17) is 23.7 Å². The van der Waals surface area contributed by atoms with Gasteiger partial charge in [0.25, 0.3) is 0 Å². The molecular formula is C44H78N2O16Y. The number of ether oxygens (including phenoxy) is 5. The molecule has 1 aliphatic carbocycles. The van der Waals surface area contributed by atoms with Crippen LogP contribution in [0.4, 0.5) is 0 Å². The van der Waals surface area contributed by atoms with Crippen molar-refractivity contribution in [3.8, 4) is 0 Å². The molecule has 0 spiro atoms. The number of amides is 2. The van der Waals surface area contributed by atoms with E-state index in [1.54, 1.807) is 21.0 Å². The molecule has 0 aromatic heterocycles. The SMILES string of the molecule is CO[C@H]1CC(C(=O)CCCCCCC(=O)C(CCCCNC(=O)CCCCOC2OC(CO)C(O)C(O)C2C)NC(=O)CCCCOC2OC(CO)C(O)C(O)C2C)[C@H](CO)C1.[Y]. The monoisotopic (exact) mass is 979 g/mol. The molecule has 18 nitrogen and oxygen atoms in total. The summed E-state index contributed by atoms with van der Waals surface area (Å²) >= 11 is 0. The number of nitrogens with one attached hydrogen (secondary N) is 2. The van der Waals surface area contributed by atoms with Crippen LogP contribution in [0.2, 0.25) is 0 Å². The predicted octanol–water partition coefficient (Wildman–Crippen LogP) is 0.792. The second-order valence-corrected chi connectivity index (χ2v) is 17.5. The number of Topliss-reactive ketones (excluding diaryl/α,β-unsaturated/α-hetero) is 2. The van der Waals surface area contributed by atoms with Crippen LogP contribution in [0.25, 0.3) is 0 Å². The molecule has 3 fully saturated rings. The first-order chi connectivity index (χ1) is 29.8. The Balaban J connectivity index is 0.0000137. The van der Waals surface area contributed by atoms with E-state index in [0.717, 1.165) is 12.8 Å². The number of ketones is 2. The molecule has 0 aromatic carbocycles. The predicted molar refractivity (Wildman–Crippen MR) is 224 cm³/mol. The number of aliphatic hydroxyl groups is 7. The summed E-state index contributed by atoms with van der Waals surface area (Å²) in [5.41, 5.74) is 0. The van der Waals surface area contributed by atoms with Crippen molar-refractivity contribution < 1.29 is 111 Å². The Hall–Kier alpha value is -1.10. The van der Waals surface area contributed by atoms with Crippen LogP contribution in [0.15, 0.2) is 0 Å². The summed E-state index contributed by atoms with van der Waals surface area (Å²) in [4.78, 5) is 51.8. The Morgan fingerprint density at radius 2 is 1.16 bits per heavy atom. The average Bonchev–Trinajstić information content (AvgIpc) is 3.70. The largest absolute Gasteiger partial charge is 0.396 e. The minimum atomic E-state index is -1.22. The summed E-state index contributed by atoms with van der Waals surface area (Å²) in [6.45, 7) is 3.34. The van der Waals surface area contributed by atoms with Gasteiger partial charge < -0.3 is 70.1 Å². The van der Waals surface area contributed by atoms with Gasteiger partial charge in [-0.25, -0.2) is 0 Å². The first kappa shape index (κ1) is 58.0. The molecule has 363 valence electrons. The fraction of sp³-hybridized carbons (Fsp3) is 0.909. The van der Waals surface area contributed by atoms with Crippen molar-refractivity contribution in [3.63, 3.8) is 0 Å². The molecule has 3 aliphatic rings. The Labute approximate surface area is 398 Å². The van der Waals surface area contributed by atoms with Crippen LogP contribution in [0.3, 0.4) is 0 Å². The van der Waals surface area contributed by atoms with Crippen molar-refractivity contribution >= 4 is 23.4 Å². The van der Waals surface area contributed by atoms with E-state index in [1.165, 1.54) is 0 Å². The quantitative estimate of drug-likeness (QED) is 0.0435. The zero-order valence-corrected chi connectivity index (χ0v) is 40.6. The minimum Gasteiger partial charge on any atom is -0.396 e. The van der Waals surface area contributed by atoms with Gasteiger partial charge in [0.15, 0.2) is 18.4 Å². The summed E-state index contributed by atoms with van der Waals surface area (Å²) in [7, 11) is 1.63. The van der Waals surface area contributed by atoms with Gasteiger partial charge in [-0.1, -0.05) is 26.7 Å². The Morgan fingerprint density at radius 3 is 1.68 bits per heavy atom. The van der Waals surface area contributed by atoms with Crippen molar-refractivity contribution in [1.29, 1.82) is 0 Å². The maximum absolute atomic E-state index is 13.4. The van der Waals surface area contributed by atoms with Crippen LogP contribution in [0.1, 0.15) is 123 Å². The van der Waals surface area contributed by atoms with Gasteiger partial charge >= 0.3 is 0 Å². The Morgan fingerprint density at radius 1 is 0.635 bits per heavy atom. The van der Waals surface area contributed by atoms with Gasteiger partial charge in [-0.2, -0.15) is 0 Å². The molecule has 2 aliphatic heterocycles. The normalized spacial score (nSPS) is 31.2. The zero-order chi connectivity index (χ0) is 45.6. The molecule has 3 rings (SSSR count). The van der Waals surface area contributed by atoms with Gasteiger partial charge in [-0.05, 0) is 76.5 Å². The molecule has 1 radical (unpaired) electrons. The van der Waals surface area contributed by atoms with Crippen molar-refractivity contribution in [1.82, 2.24) is 10.6 Å². The first-order valence-corrected chi connectivity index (χ1v) is 23.0. The van der Waals surface area contributed by atoms with Gasteiger partial charge in [0.05, 0.1) is 37.6 Å². The maximum atomic E-state index is 13.4. The number of rotatable bonds is 31. The molecule has 1 saturated carbocycles. The molecular weight excluding hydrogens is 901 g/mol. The third kappa shape index (κ3) is 19.6. The van der Waals surface area contributed by atoms with E-state index in [2.05, 4.69) is 10.6 Å². The standard InChI is InChI=1S/C44H78N2O16.Y/c1-27-39(54)41(56)35(25-48)61-43(27)59-20-12-9-17-37(52)45-19-11-8-14-32(34(51)16-7-5-4-6-15-33(50)31-23-30(58-3)22-29(31)24-47)46-38(53)18-10-13-21-60-44-28(2)40(55)42(57)36(26-49)62-44;/h27-32,35-36,39-44,47-49,54-57H,4-26H2,1-3H3,(H,45,52)(H,46,53);/t27?,28?,29-,30+,31?,32?,35?,36?,39?,40?,41?,42?,43?,44?;/m0./s1. The van der Waals surface area contributed by atoms with Crippen LogP contribution >= 0.6 is 0 Å². The molecule has 63 heavy (non-hydrogen) atoms. The number of carbonyl (C=O) groups excluding carboxylic acids is 4. The molecule has 9 N–H and O–H groups in total. The van der Waals surface area contributed by atoms with Gasteiger partial charge in [-0.15, -0.1) is 0 Å². The minimum absolute atomic E-state index is 0. The van der Waals surface area contributed by atoms with Gasteiger partial charge in [0.1, 0.15) is 30.2 Å². The molecule has 0 aromatic rings. The fourth-order valence-corrected chi connectivity index (χ4v) is 8.54. The van der Waals surface area contributed by atoms with Crippen LogP contribution in [0.5, 0.6) is 0 Å². The molecule has 14 atom stereocenters. The van der Waals surface area contributed by atoms with E-state index in [1.807, 2.05) is 0 Å². The third-order valence-electron chi connectivity index (χ3n) is 12.7. The number of carbonyl (C=O) groups is 4. The molecule has 0 bridgehead atoms. The average molecular weight is 980 g/mol. The number of hydrogen-bond donors (Lipinski definition) is 9. The fourth-order valence-electron chi connectivity index (χ4n) is 8.54.